The van der Waals surface area contributed by atoms with E-state index in [0.29, 0.717) is 6.04 Å². The Labute approximate surface area is 110 Å². The molecule has 2 rings (SSSR count). The Balaban J connectivity index is 1.93. The van der Waals surface area contributed by atoms with E-state index < -0.39 is 12.7 Å². The maximum Gasteiger partial charge on any atom is 0.408 e. The molecule has 0 unspecified atom stereocenters. The molecule has 7 heteroatoms. The Morgan fingerprint density at radius 1 is 1.21 bits per heavy atom. The highest BCUT2D eigenvalue weighted by molar-refractivity contribution is 5.42. The van der Waals surface area contributed by atoms with Gasteiger partial charge in [0.1, 0.15) is 6.54 Å². The van der Waals surface area contributed by atoms with E-state index in [1.807, 2.05) is 0 Å². The molecular weight excluding hydrogens is 257 g/mol. The number of alkyl halides is 3. The van der Waals surface area contributed by atoms with Gasteiger partial charge in [0.15, 0.2) is 0 Å². The first-order valence-corrected chi connectivity index (χ1v) is 6.43. The minimum absolute atomic E-state index is 0.509. The van der Waals surface area contributed by atoms with Crippen LogP contribution in [-0.2, 0) is 6.54 Å². The summed E-state index contributed by atoms with van der Waals surface area (Å²) < 4.78 is 37.7. The largest absolute Gasteiger partial charge is 0.408 e. The van der Waals surface area contributed by atoms with Gasteiger partial charge in [-0.3, -0.25) is 9.58 Å². The van der Waals surface area contributed by atoms with E-state index in [2.05, 4.69) is 28.7 Å². The molecular formula is C12H19F3N4. The molecule has 1 aromatic rings. The summed E-state index contributed by atoms with van der Waals surface area (Å²) in [5.41, 5.74) is 0.771. The number of anilines is 1. The molecule has 0 spiro atoms. The number of halogens is 3. The van der Waals surface area contributed by atoms with Crippen LogP contribution in [0.15, 0.2) is 12.4 Å². The lowest BCUT2D eigenvalue weighted by Gasteiger charge is -2.37. The van der Waals surface area contributed by atoms with Gasteiger partial charge in [-0.05, 0) is 13.8 Å². The summed E-state index contributed by atoms with van der Waals surface area (Å²) in [6.07, 6.45) is -1.24. The lowest BCUT2D eigenvalue weighted by molar-refractivity contribution is -0.142. The van der Waals surface area contributed by atoms with Crippen molar-refractivity contribution in [3.63, 3.8) is 0 Å². The predicted octanol–water partition coefficient (Wildman–Crippen LogP) is 1.98. The molecule has 19 heavy (non-hydrogen) atoms. The smallest absolute Gasteiger partial charge is 0.366 e. The van der Waals surface area contributed by atoms with E-state index in [0.717, 1.165) is 36.5 Å². The van der Waals surface area contributed by atoms with Crippen LogP contribution >= 0.6 is 0 Å². The molecule has 0 aromatic carbocycles. The Kier molecular flexibility index (Phi) is 4.03. The number of rotatable bonds is 3. The summed E-state index contributed by atoms with van der Waals surface area (Å²) in [5, 5.41) is 3.77. The molecule has 0 atom stereocenters. The third kappa shape index (κ3) is 3.86. The van der Waals surface area contributed by atoms with Gasteiger partial charge in [-0.15, -0.1) is 0 Å². The zero-order valence-corrected chi connectivity index (χ0v) is 11.2. The average Bonchev–Trinajstić information content (AvgIpc) is 2.75. The third-order valence-corrected chi connectivity index (χ3v) is 3.37. The number of hydrogen-bond donors (Lipinski definition) is 0. The first kappa shape index (κ1) is 14.2. The van der Waals surface area contributed by atoms with Gasteiger partial charge in [0.05, 0.1) is 11.9 Å². The van der Waals surface area contributed by atoms with Crippen LogP contribution in [0.5, 0.6) is 0 Å². The third-order valence-electron chi connectivity index (χ3n) is 3.37. The lowest BCUT2D eigenvalue weighted by Crippen LogP contribution is -2.48. The highest BCUT2D eigenvalue weighted by atomic mass is 19.4. The molecule has 0 bridgehead atoms. The van der Waals surface area contributed by atoms with Crippen LogP contribution in [0.3, 0.4) is 0 Å². The molecule has 0 saturated carbocycles. The van der Waals surface area contributed by atoms with Gasteiger partial charge in [0, 0.05) is 38.4 Å². The van der Waals surface area contributed by atoms with E-state index in [-0.39, 0.29) is 0 Å². The van der Waals surface area contributed by atoms with Crippen molar-refractivity contribution in [2.75, 3.05) is 31.1 Å². The van der Waals surface area contributed by atoms with Gasteiger partial charge in [-0.2, -0.15) is 18.3 Å². The number of hydrogen-bond acceptors (Lipinski definition) is 3. The predicted molar refractivity (Wildman–Crippen MR) is 67.2 cm³/mol. The first-order valence-electron chi connectivity index (χ1n) is 6.43. The monoisotopic (exact) mass is 276 g/mol. The fourth-order valence-electron chi connectivity index (χ4n) is 2.28. The van der Waals surface area contributed by atoms with Gasteiger partial charge >= 0.3 is 6.18 Å². The summed E-state index contributed by atoms with van der Waals surface area (Å²) in [5.74, 6) is 0. The second kappa shape index (κ2) is 5.40. The van der Waals surface area contributed by atoms with E-state index >= 15 is 0 Å². The number of nitrogens with zero attached hydrogens (tertiary/aromatic N) is 4. The minimum Gasteiger partial charge on any atom is -0.366 e. The SMILES string of the molecule is CC(C)N1CCN(c2cnn(CC(F)(F)F)c2)CC1. The van der Waals surface area contributed by atoms with Gasteiger partial charge in [-0.25, -0.2) is 0 Å². The van der Waals surface area contributed by atoms with Gasteiger partial charge in [0.2, 0.25) is 0 Å². The zero-order chi connectivity index (χ0) is 14.0. The molecule has 0 aliphatic carbocycles. The highest BCUT2D eigenvalue weighted by Gasteiger charge is 2.29. The molecule has 1 aromatic heterocycles. The first-order chi connectivity index (χ1) is 8.85. The quantitative estimate of drug-likeness (QED) is 0.843. The normalized spacial score (nSPS) is 18.3. The van der Waals surface area contributed by atoms with Crippen LogP contribution < -0.4 is 4.90 Å². The summed E-state index contributed by atoms with van der Waals surface area (Å²) in [6, 6.07) is 0.509. The topological polar surface area (TPSA) is 24.3 Å². The molecule has 0 N–H and O–H groups in total. The van der Waals surface area contributed by atoms with Crippen LogP contribution in [-0.4, -0.2) is 53.1 Å². The summed E-state index contributed by atoms with van der Waals surface area (Å²) in [6.45, 7) is 6.79. The van der Waals surface area contributed by atoms with Crippen molar-refractivity contribution < 1.29 is 13.2 Å². The van der Waals surface area contributed by atoms with Crippen molar-refractivity contribution in [3.05, 3.63) is 12.4 Å². The molecule has 0 radical (unpaired) electrons. The second-order valence-electron chi connectivity index (χ2n) is 5.13. The highest BCUT2D eigenvalue weighted by Crippen LogP contribution is 2.20. The van der Waals surface area contributed by atoms with Crippen molar-refractivity contribution in [2.24, 2.45) is 0 Å². The van der Waals surface area contributed by atoms with Crippen LogP contribution in [0.2, 0.25) is 0 Å². The van der Waals surface area contributed by atoms with Gasteiger partial charge in [-0.1, -0.05) is 0 Å². The Bertz CT molecular complexity index is 405. The van der Waals surface area contributed by atoms with Crippen LogP contribution in [0.25, 0.3) is 0 Å². The molecule has 0 amide bonds. The van der Waals surface area contributed by atoms with E-state index in [9.17, 15) is 13.2 Å². The average molecular weight is 276 g/mol. The summed E-state index contributed by atoms with van der Waals surface area (Å²) >= 11 is 0. The molecule has 1 aliphatic heterocycles. The number of aromatic nitrogens is 2. The van der Waals surface area contributed by atoms with Gasteiger partial charge < -0.3 is 4.90 Å². The maximum atomic E-state index is 12.3. The van der Waals surface area contributed by atoms with Crippen molar-refractivity contribution in [2.45, 2.75) is 32.6 Å². The molecule has 4 nitrogen and oxygen atoms in total. The molecule has 1 fully saturated rings. The number of piperazine rings is 1. The van der Waals surface area contributed by atoms with Crippen LogP contribution in [0, 0.1) is 0 Å². The second-order valence-corrected chi connectivity index (χ2v) is 5.13. The Hall–Kier alpha value is -1.24. The van der Waals surface area contributed by atoms with E-state index in [1.165, 1.54) is 12.4 Å². The molecule has 108 valence electrons. The van der Waals surface area contributed by atoms with Crippen molar-refractivity contribution >= 4 is 5.69 Å². The zero-order valence-electron chi connectivity index (χ0n) is 11.2. The Morgan fingerprint density at radius 2 is 1.84 bits per heavy atom. The minimum atomic E-state index is -4.22. The molecule has 2 heterocycles. The summed E-state index contributed by atoms with van der Waals surface area (Å²) in [4.78, 5) is 4.44. The van der Waals surface area contributed by atoms with Crippen LogP contribution in [0.4, 0.5) is 18.9 Å². The Morgan fingerprint density at radius 3 is 2.37 bits per heavy atom. The van der Waals surface area contributed by atoms with Crippen LogP contribution in [0.1, 0.15) is 13.8 Å². The fraction of sp³-hybridized carbons (Fsp3) is 0.750. The molecule has 1 aliphatic rings. The van der Waals surface area contributed by atoms with Gasteiger partial charge in [0.25, 0.3) is 0 Å². The fourth-order valence-corrected chi connectivity index (χ4v) is 2.28. The molecule has 1 saturated heterocycles. The van der Waals surface area contributed by atoms with E-state index in [4.69, 9.17) is 0 Å². The van der Waals surface area contributed by atoms with Crippen molar-refractivity contribution in [3.8, 4) is 0 Å². The standard InChI is InChI=1S/C12H19F3N4/c1-10(2)17-3-5-18(6-4-17)11-7-16-19(8-11)9-12(13,14)15/h7-8,10H,3-6,9H2,1-2H3. The lowest BCUT2D eigenvalue weighted by atomic mass is 10.2. The van der Waals surface area contributed by atoms with Crippen molar-refractivity contribution in [1.29, 1.82) is 0 Å². The van der Waals surface area contributed by atoms with E-state index in [1.54, 1.807) is 0 Å². The maximum absolute atomic E-state index is 12.3. The van der Waals surface area contributed by atoms with Crippen molar-refractivity contribution in [1.82, 2.24) is 14.7 Å². The summed E-state index contributed by atoms with van der Waals surface area (Å²) in [7, 11) is 0.